The van der Waals surface area contributed by atoms with E-state index in [1.165, 1.54) is 59.9 Å². The Morgan fingerprint density at radius 2 is 1.74 bits per heavy atom. The first kappa shape index (κ1) is 21.1. The molecule has 0 aliphatic heterocycles. The van der Waals surface area contributed by atoms with E-state index in [2.05, 4.69) is 15.0 Å². The summed E-state index contributed by atoms with van der Waals surface area (Å²) in [5.74, 6) is 0.275. The molecule has 0 saturated heterocycles. The van der Waals surface area contributed by atoms with Crippen LogP contribution in [0.2, 0.25) is 5.02 Å². The topological polar surface area (TPSA) is 97.4 Å². The van der Waals surface area contributed by atoms with Crippen LogP contribution in [0, 0.1) is 0 Å². The molecule has 0 atom stereocenters. The molecule has 0 radical (unpaired) electrons. The smallest absolute Gasteiger partial charge is 0.261 e. The quantitative estimate of drug-likeness (QED) is 0.410. The minimum Gasteiger partial charge on any atom is -0.494 e. The summed E-state index contributed by atoms with van der Waals surface area (Å²) >= 11 is 7.14. The summed E-state index contributed by atoms with van der Waals surface area (Å²) in [6.07, 6.45) is 0. The van der Waals surface area contributed by atoms with E-state index in [1.54, 1.807) is 13.2 Å². The first-order valence-corrected chi connectivity index (χ1v) is 11.7. The number of ether oxygens (including phenoxy) is 1. The van der Waals surface area contributed by atoms with Crippen LogP contribution >= 0.6 is 22.9 Å². The number of halogens is 1. The zero-order valence-corrected chi connectivity index (χ0v) is 18.5. The lowest BCUT2D eigenvalue weighted by molar-refractivity contribution is 0.102. The fourth-order valence-corrected chi connectivity index (χ4v) is 4.89. The maximum atomic E-state index is 12.6. The number of amides is 1. The van der Waals surface area contributed by atoms with Gasteiger partial charge in [0.1, 0.15) is 11.3 Å². The summed E-state index contributed by atoms with van der Waals surface area (Å²) < 4.78 is 33.6. The third kappa shape index (κ3) is 4.63. The number of nitrogens with one attached hydrogen (secondary N) is 2. The van der Waals surface area contributed by atoms with Gasteiger partial charge in [0.05, 0.1) is 16.7 Å². The average Bonchev–Trinajstić information content (AvgIpc) is 3.16. The normalized spacial score (nSPS) is 11.3. The van der Waals surface area contributed by atoms with Gasteiger partial charge in [-0.05, 0) is 60.7 Å². The average molecular weight is 474 g/mol. The van der Waals surface area contributed by atoms with Crippen LogP contribution in [0.15, 0.2) is 71.6 Å². The van der Waals surface area contributed by atoms with E-state index in [1.807, 2.05) is 12.1 Å². The molecule has 0 aliphatic carbocycles. The molecular formula is C21H16ClN3O4S2. The van der Waals surface area contributed by atoms with Gasteiger partial charge in [0, 0.05) is 16.3 Å². The van der Waals surface area contributed by atoms with Gasteiger partial charge in [-0.15, -0.1) is 0 Å². The highest BCUT2D eigenvalue weighted by molar-refractivity contribution is 7.92. The van der Waals surface area contributed by atoms with Crippen LogP contribution in [0.3, 0.4) is 0 Å². The second kappa shape index (κ2) is 8.54. The lowest BCUT2D eigenvalue weighted by Gasteiger charge is -2.09. The number of rotatable bonds is 6. The Morgan fingerprint density at radius 3 is 2.42 bits per heavy atom. The Morgan fingerprint density at radius 1 is 1.03 bits per heavy atom. The SMILES string of the molecule is COc1cccc2sc(NC(=O)c3ccc(NS(=O)(=O)c4ccc(Cl)cc4)cc3)nc12. The number of para-hydroxylation sites is 1. The van der Waals surface area contributed by atoms with Crippen LogP contribution in [-0.2, 0) is 10.0 Å². The van der Waals surface area contributed by atoms with Gasteiger partial charge in [-0.2, -0.15) is 0 Å². The first-order chi connectivity index (χ1) is 14.9. The number of carbonyl (C=O) groups is 1. The lowest BCUT2D eigenvalue weighted by Crippen LogP contribution is -2.14. The van der Waals surface area contributed by atoms with Gasteiger partial charge in [0.25, 0.3) is 15.9 Å². The van der Waals surface area contributed by atoms with Crippen molar-refractivity contribution in [3.05, 3.63) is 77.3 Å². The highest BCUT2D eigenvalue weighted by Crippen LogP contribution is 2.32. The third-order valence-corrected chi connectivity index (χ3v) is 6.93. The van der Waals surface area contributed by atoms with E-state index in [0.717, 1.165) is 4.70 Å². The van der Waals surface area contributed by atoms with E-state index in [9.17, 15) is 13.2 Å². The lowest BCUT2D eigenvalue weighted by atomic mass is 10.2. The molecule has 4 aromatic rings. The third-order valence-electron chi connectivity index (χ3n) is 4.35. The van der Waals surface area contributed by atoms with E-state index in [4.69, 9.17) is 16.3 Å². The van der Waals surface area contributed by atoms with Gasteiger partial charge in [0.2, 0.25) is 0 Å². The molecule has 1 heterocycles. The maximum absolute atomic E-state index is 12.6. The van der Waals surface area contributed by atoms with Crippen molar-refractivity contribution in [2.24, 2.45) is 0 Å². The Balaban J connectivity index is 1.48. The van der Waals surface area contributed by atoms with Crippen LogP contribution < -0.4 is 14.8 Å². The minimum atomic E-state index is -3.76. The van der Waals surface area contributed by atoms with Gasteiger partial charge in [-0.25, -0.2) is 13.4 Å². The van der Waals surface area contributed by atoms with Crippen molar-refractivity contribution >= 4 is 59.9 Å². The van der Waals surface area contributed by atoms with Gasteiger partial charge in [-0.3, -0.25) is 14.8 Å². The van der Waals surface area contributed by atoms with Crippen LogP contribution in [0.4, 0.5) is 10.8 Å². The van der Waals surface area contributed by atoms with Gasteiger partial charge in [-0.1, -0.05) is 29.0 Å². The largest absolute Gasteiger partial charge is 0.494 e. The number of methoxy groups -OCH3 is 1. The standard InChI is InChI=1S/C21H16ClN3O4S2/c1-29-17-3-2-4-18-19(17)23-21(30-18)24-20(26)13-5-9-15(10-6-13)25-31(27,28)16-11-7-14(22)8-12-16/h2-12,25H,1H3,(H,23,24,26). The molecule has 3 aromatic carbocycles. The second-order valence-electron chi connectivity index (χ2n) is 6.42. The summed E-state index contributed by atoms with van der Waals surface area (Å²) in [6.45, 7) is 0. The Hall–Kier alpha value is -3.14. The van der Waals surface area contributed by atoms with Crippen molar-refractivity contribution in [1.82, 2.24) is 4.98 Å². The Bertz CT molecular complexity index is 1350. The molecule has 10 heteroatoms. The molecule has 0 fully saturated rings. The molecule has 31 heavy (non-hydrogen) atoms. The highest BCUT2D eigenvalue weighted by atomic mass is 35.5. The molecule has 0 spiro atoms. The summed E-state index contributed by atoms with van der Waals surface area (Å²) in [5.41, 5.74) is 1.37. The zero-order valence-electron chi connectivity index (χ0n) is 16.1. The molecule has 0 saturated carbocycles. The molecule has 2 N–H and O–H groups in total. The fourth-order valence-electron chi connectivity index (χ4n) is 2.83. The molecule has 0 bridgehead atoms. The summed E-state index contributed by atoms with van der Waals surface area (Å²) in [5, 5.41) is 3.65. The van der Waals surface area contributed by atoms with Crippen LogP contribution in [-0.4, -0.2) is 26.4 Å². The van der Waals surface area contributed by atoms with Crippen molar-refractivity contribution in [3.8, 4) is 5.75 Å². The summed E-state index contributed by atoms with van der Waals surface area (Å²) in [6, 6.07) is 17.5. The van der Waals surface area contributed by atoms with Gasteiger partial charge >= 0.3 is 0 Å². The molecule has 0 aliphatic rings. The van der Waals surface area contributed by atoms with Gasteiger partial charge in [0.15, 0.2) is 5.13 Å². The molecule has 1 aromatic heterocycles. The number of sulfonamides is 1. The number of carbonyl (C=O) groups excluding carboxylic acids is 1. The van der Waals surface area contributed by atoms with E-state index in [-0.39, 0.29) is 10.8 Å². The number of aromatic nitrogens is 1. The summed E-state index contributed by atoms with van der Waals surface area (Å²) in [4.78, 5) is 17.1. The van der Waals surface area contributed by atoms with Crippen LogP contribution in [0.1, 0.15) is 10.4 Å². The number of benzene rings is 3. The zero-order chi connectivity index (χ0) is 22.0. The van der Waals surface area contributed by atoms with Crippen molar-refractivity contribution in [2.75, 3.05) is 17.1 Å². The first-order valence-electron chi connectivity index (χ1n) is 8.99. The van der Waals surface area contributed by atoms with Crippen molar-refractivity contribution in [1.29, 1.82) is 0 Å². The van der Waals surface area contributed by atoms with E-state index >= 15 is 0 Å². The van der Waals surface area contributed by atoms with Crippen molar-refractivity contribution in [3.63, 3.8) is 0 Å². The molecule has 1 amide bonds. The number of fused-ring (bicyclic) bond motifs is 1. The maximum Gasteiger partial charge on any atom is 0.261 e. The van der Waals surface area contributed by atoms with Crippen molar-refractivity contribution < 1.29 is 17.9 Å². The number of hydrogen-bond acceptors (Lipinski definition) is 6. The molecule has 158 valence electrons. The fraction of sp³-hybridized carbons (Fsp3) is 0.0476. The summed E-state index contributed by atoms with van der Waals surface area (Å²) in [7, 11) is -2.20. The van der Waals surface area contributed by atoms with Crippen molar-refractivity contribution in [2.45, 2.75) is 4.90 Å². The monoisotopic (exact) mass is 473 g/mol. The van der Waals surface area contributed by atoms with E-state index < -0.39 is 10.0 Å². The van der Waals surface area contributed by atoms with E-state index in [0.29, 0.717) is 32.7 Å². The molecule has 0 unspecified atom stereocenters. The number of anilines is 2. The number of nitrogens with zero attached hydrogens (tertiary/aromatic N) is 1. The second-order valence-corrected chi connectivity index (χ2v) is 9.57. The Labute approximate surface area is 187 Å². The minimum absolute atomic E-state index is 0.0879. The van der Waals surface area contributed by atoms with Gasteiger partial charge < -0.3 is 4.74 Å². The molecular weight excluding hydrogens is 458 g/mol. The van der Waals surface area contributed by atoms with Crippen LogP contribution in [0.5, 0.6) is 5.75 Å². The molecule has 4 rings (SSSR count). The number of hydrogen-bond donors (Lipinski definition) is 2. The van der Waals surface area contributed by atoms with Crippen LogP contribution in [0.25, 0.3) is 10.2 Å². The number of thiazole rings is 1. The Kier molecular flexibility index (Phi) is 5.81. The predicted octanol–water partition coefficient (Wildman–Crippen LogP) is 5.01. The highest BCUT2D eigenvalue weighted by Gasteiger charge is 2.15. The predicted molar refractivity (Wildman–Crippen MR) is 123 cm³/mol. The molecule has 7 nitrogen and oxygen atoms in total.